The second-order valence-corrected chi connectivity index (χ2v) is 11.3. The second kappa shape index (κ2) is 13.1. The van der Waals surface area contributed by atoms with Crippen molar-refractivity contribution in [3.63, 3.8) is 0 Å². The molecule has 0 aliphatic heterocycles. The zero-order valence-electron chi connectivity index (χ0n) is 20.9. The predicted octanol–water partition coefficient (Wildman–Crippen LogP) is 4.67. The van der Waals surface area contributed by atoms with Gasteiger partial charge in [0, 0.05) is 19.5 Å². The molecule has 3 aromatic carbocycles. The summed E-state index contributed by atoms with van der Waals surface area (Å²) in [6.07, 6.45) is 1.06. The maximum absolute atomic E-state index is 14.6. The molecule has 2 amide bonds. The number of anilines is 1. The summed E-state index contributed by atoms with van der Waals surface area (Å²) in [4.78, 5) is 28.4. The Bertz CT molecular complexity index is 1390. The zero-order chi connectivity index (χ0) is 27.9. The van der Waals surface area contributed by atoms with Gasteiger partial charge in [0.1, 0.15) is 18.4 Å². The molecule has 0 radical (unpaired) electrons. The highest BCUT2D eigenvalue weighted by atomic mass is 35.5. The number of carbonyl (C=O) groups excluding carboxylic acids is 2. The van der Waals surface area contributed by atoms with E-state index in [4.69, 9.17) is 23.2 Å². The van der Waals surface area contributed by atoms with Gasteiger partial charge in [-0.2, -0.15) is 0 Å². The molecule has 11 heteroatoms. The van der Waals surface area contributed by atoms with E-state index in [1.165, 1.54) is 23.1 Å². The van der Waals surface area contributed by atoms with E-state index in [0.717, 1.165) is 17.9 Å². The fourth-order valence-electron chi connectivity index (χ4n) is 3.93. The molecule has 0 saturated carbocycles. The van der Waals surface area contributed by atoms with Gasteiger partial charge in [0.05, 0.1) is 22.0 Å². The van der Waals surface area contributed by atoms with Gasteiger partial charge >= 0.3 is 0 Å². The summed E-state index contributed by atoms with van der Waals surface area (Å²) in [5, 5.41) is 3.34. The molecule has 0 unspecified atom stereocenters. The molecule has 202 valence electrons. The quantitative estimate of drug-likeness (QED) is 0.357. The lowest BCUT2D eigenvalue weighted by Crippen LogP contribution is -2.53. The number of para-hydroxylation sites is 1. The Labute approximate surface area is 232 Å². The second-order valence-electron chi connectivity index (χ2n) is 8.59. The Morgan fingerprint density at radius 2 is 1.61 bits per heavy atom. The summed E-state index contributed by atoms with van der Waals surface area (Å²) in [5.41, 5.74) is 1.10. The molecular formula is C27H28Cl2FN3O4S. The Morgan fingerprint density at radius 3 is 2.21 bits per heavy atom. The molecule has 3 rings (SSSR count). The normalized spacial score (nSPS) is 12.0. The number of rotatable bonds is 11. The standard InChI is InChI=1S/C27H28Cl2FN3O4S/c1-3-31-27(35)25(16-19-9-5-4-6-10-19)32(17-20-13-14-21(28)22(29)15-20)26(34)18-33(38(2,36)37)24-12-8-7-11-23(24)30/h4-15,25H,3,16-18H2,1-2H3,(H,31,35)/t25-/m1/s1. The molecule has 0 aromatic heterocycles. The molecule has 0 fully saturated rings. The van der Waals surface area contributed by atoms with E-state index in [-0.39, 0.29) is 23.7 Å². The third-order valence-corrected chi connectivity index (χ3v) is 7.62. The minimum Gasteiger partial charge on any atom is -0.355 e. The highest BCUT2D eigenvalue weighted by Gasteiger charge is 2.33. The van der Waals surface area contributed by atoms with Crippen molar-refractivity contribution in [2.24, 2.45) is 0 Å². The molecule has 7 nitrogen and oxygen atoms in total. The van der Waals surface area contributed by atoms with E-state index < -0.39 is 40.2 Å². The van der Waals surface area contributed by atoms with E-state index in [1.807, 2.05) is 30.3 Å². The van der Waals surface area contributed by atoms with Gasteiger partial charge in [-0.15, -0.1) is 0 Å². The molecule has 1 N–H and O–H groups in total. The first-order valence-corrected chi connectivity index (χ1v) is 14.4. The first kappa shape index (κ1) is 29.4. The summed E-state index contributed by atoms with van der Waals surface area (Å²) >= 11 is 12.3. The Kier molecular flexibility index (Phi) is 10.1. The highest BCUT2D eigenvalue weighted by molar-refractivity contribution is 7.92. The van der Waals surface area contributed by atoms with Crippen LogP contribution in [0, 0.1) is 5.82 Å². The van der Waals surface area contributed by atoms with Gasteiger partial charge in [0.25, 0.3) is 0 Å². The van der Waals surface area contributed by atoms with Gasteiger partial charge in [0.2, 0.25) is 21.8 Å². The number of benzene rings is 3. The lowest BCUT2D eigenvalue weighted by atomic mass is 10.0. The van der Waals surface area contributed by atoms with Crippen LogP contribution in [0.25, 0.3) is 0 Å². The Morgan fingerprint density at radius 1 is 0.947 bits per heavy atom. The van der Waals surface area contributed by atoms with Crippen LogP contribution in [0.5, 0.6) is 0 Å². The summed E-state index contributed by atoms with van der Waals surface area (Å²) in [6.45, 7) is 1.29. The van der Waals surface area contributed by atoms with E-state index in [2.05, 4.69) is 5.32 Å². The van der Waals surface area contributed by atoms with Crippen LogP contribution in [0.2, 0.25) is 10.0 Å². The number of carbonyl (C=O) groups is 2. The minimum atomic E-state index is -4.06. The van der Waals surface area contributed by atoms with E-state index >= 15 is 0 Å². The van der Waals surface area contributed by atoms with Crippen molar-refractivity contribution >= 4 is 50.7 Å². The molecular weight excluding hydrogens is 552 g/mol. The first-order chi connectivity index (χ1) is 18.0. The first-order valence-electron chi connectivity index (χ1n) is 11.8. The fraction of sp³-hybridized carbons (Fsp3) is 0.259. The van der Waals surface area contributed by atoms with Crippen LogP contribution in [0.4, 0.5) is 10.1 Å². The van der Waals surface area contributed by atoms with Crippen molar-refractivity contribution < 1.29 is 22.4 Å². The zero-order valence-corrected chi connectivity index (χ0v) is 23.2. The van der Waals surface area contributed by atoms with Crippen molar-refractivity contribution in [2.75, 3.05) is 23.7 Å². The van der Waals surface area contributed by atoms with Gasteiger partial charge in [-0.1, -0.05) is 71.7 Å². The van der Waals surface area contributed by atoms with Crippen molar-refractivity contribution in [1.29, 1.82) is 0 Å². The summed E-state index contributed by atoms with van der Waals surface area (Å²) < 4.78 is 40.6. The van der Waals surface area contributed by atoms with Crippen LogP contribution in [-0.4, -0.2) is 50.5 Å². The highest BCUT2D eigenvalue weighted by Crippen LogP contribution is 2.26. The number of sulfonamides is 1. The number of likely N-dealkylation sites (N-methyl/N-ethyl adjacent to an activating group) is 1. The molecule has 0 saturated heterocycles. The lowest BCUT2D eigenvalue weighted by Gasteiger charge is -2.33. The van der Waals surface area contributed by atoms with Gasteiger partial charge in [-0.3, -0.25) is 13.9 Å². The number of amides is 2. The maximum Gasteiger partial charge on any atom is 0.244 e. The average molecular weight is 581 g/mol. The van der Waals surface area contributed by atoms with Gasteiger partial charge in [-0.25, -0.2) is 12.8 Å². The average Bonchev–Trinajstić information content (AvgIpc) is 2.87. The van der Waals surface area contributed by atoms with Crippen LogP contribution < -0.4 is 9.62 Å². The monoisotopic (exact) mass is 579 g/mol. The van der Waals surface area contributed by atoms with Gasteiger partial charge in [-0.05, 0) is 42.3 Å². The van der Waals surface area contributed by atoms with Crippen molar-refractivity contribution in [1.82, 2.24) is 10.2 Å². The minimum absolute atomic E-state index is 0.0702. The number of hydrogen-bond donors (Lipinski definition) is 1. The number of nitrogens with zero attached hydrogens (tertiary/aromatic N) is 2. The van der Waals surface area contributed by atoms with Crippen molar-refractivity contribution in [2.45, 2.75) is 25.9 Å². The summed E-state index contributed by atoms with van der Waals surface area (Å²) in [7, 11) is -4.06. The van der Waals surface area contributed by atoms with Gasteiger partial charge < -0.3 is 10.2 Å². The molecule has 0 bridgehead atoms. The topological polar surface area (TPSA) is 86.8 Å². The number of hydrogen-bond acceptors (Lipinski definition) is 4. The molecule has 38 heavy (non-hydrogen) atoms. The smallest absolute Gasteiger partial charge is 0.244 e. The Balaban J connectivity index is 2.07. The van der Waals surface area contributed by atoms with Gasteiger partial charge in [0.15, 0.2) is 0 Å². The summed E-state index contributed by atoms with van der Waals surface area (Å²) in [5.74, 6) is -1.91. The third-order valence-electron chi connectivity index (χ3n) is 5.76. The molecule has 0 aliphatic carbocycles. The summed E-state index contributed by atoms with van der Waals surface area (Å²) in [6, 6.07) is 18.2. The lowest BCUT2D eigenvalue weighted by molar-refractivity contribution is -0.140. The third kappa shape index (κ3) is 7.69. The fourth-order valence-corrected chi connectivity index (χ4v) is 5.10. The largest absolute Gasteiger partial charge is 0.355 e. The molecule has 1 atom stereocenters. The molecule has 3 aromatic rings. The van der Waals surface area contributed by atoms with Crippen LogP contribution in [-0.2, 0) is 32.6 Å². The van der Waals surface area contributed by atoms with E-state index in [9.17, 15) is 22.4 Å². The van der Waals surface area contributed by atoms with E-state index in [0.29, 0.717) is 21.4 Å². The molecule has 0 spiro atoms. The Hall–Kier alpha value is -3.14. The van der Waals surface area contributed by atoms with Crippen LogP contribution in [0.15, 0.2) is 72.8 Å². The predicted molar refractivity (Wildman–Crippen MR) is 148 cm³/mol. The maximum atomic E-state index is 14.6. The van der Waals surface area contributed by atoms with E-state index in [1.54, 1.807) is 25.1 Å². The number of nitrogens with one attached hydrogen (secondary N) is 1. The molecule has 0 aliphatic rings. The number of halogens is 3. The van der Waals surface area contributed by atoms with Crippen LogP contribution >= 0.6 is 23.2 Å². The van der Waals surface area contributed by atoms with Crippen molar-refractivity contribution in [3.05, 3.63) is 99.8 Å². The molecule has 0 heterocycles. The van der Waals surface area contributed by atoms with Crippen LogP contribution in [0.1, 0.15) is 18.1 Å². The van der Waals surface area contributed by atoms with Crippen molar-refractivity contribution in [3.8, 4) is 0 Å². The SMILES string of the molecule is CCNC(=O)[C@@H](Cc1ccccc1)N(Cc1ccc(Cl)c(Cl)c1)C(=O)CN(c1ccccc1F)S(C)(=O)=O. The van der Waals surface area contributed by atoms with Crippen LogP contribution in [0.3, 0.4) is 0 Å².